The van der Waals surface area contributed by atoms with E-state index in [4.69, 9.17) is 0 Å². The molecule has 31 heavy (non-hydrogen) atoms. The van der Waals surface area contributed by atoms with Crippen LogP contribution in [0.1, 0.15) is 25.7 Å². The van der Waals surface area contributed by atoms with Gasteiger partial charge in [-0.15, -0.1) is 0 Å². The van der Waals surface area contributed by atoms with Crippen LogP contribution in [-0.4, -0.2) is 60.5 Å². The van der Waals surface area contributed by atoms with Gasteiger partial charge >= 0.3 is 10.2 Å². The molecule has 162 valence electrons. The zero-order valence-corrected chi connectivity index (χ0v) is 18.7. The molecule has 4 heterocycles. The Morgan fingerprint density at radius 2 is 1.87 bits per heavy atom. The first-order chi connectivity index (χ1) is 14.7. The maximum Gasteiger partial charge on any atom is 0.322 e. The van der Waals surface area contributed by atoms with Crippen LogP contribution in [0.15, 0.2) is 36.9 Å². The van der Waals surface area contributed by atoms with Crippen molar-refractivity contribution >= 4 is 32.9 Å². The monoisotopic (exact) mass is 441 g/mol. The Balaban J connectivity index is 1.64. The lowest BCUT2D eigenvalue weighted by atomic mass is 10.3. The Kier molecular flexibility index (Phi) is 5.19. The van der Waals surface area contributed by atoms with Crippen molar-refractivity contribution in [3.8, 4) is 11.4 Å². The number of aromatic nitrogens is 7. The summed E-state index contributed by atoms with van der Waals surface area (Å²) in [7, 11) is -0.826. The molecule has 4 aromatic rings. The van der Waals surface area contributed by atoms with Crippen molar-refractivity contribution in [3.05, 3.63) is 42.7 Å². The molecule has 0 unspecified atom stereocenters. The summed E-state index contributed by atoms with van der Waals surface area (Å²) in [5.74, 6) is 2.41. The van der Waals surface area contributed by atoms with Crippen molar-refractivity contribution < 1.29 is 8.42 Å². The van der Waals surface area contributed by atoms with Gasteiger partial charge in [0.25, 0.3) is 0 Å². The van der Waals surface area contributed by atoms with E-state index in [-0.39, 0.29) is 6.04 Å². The first kappa shape index (κ1) is 20.9. The Hall–Kier alpha value is -3.38. The third-order valence-electron chi connectivity index (χ3n) is 4.70. The molecule has 0 aliphatic rings. The van der Waals surface area contributed by atoms with Crippen molar-refractivity contribution in [2.24, 2.45) is 0 Å². The summed E-state index contributed by atoms with van der Waals surface area (Å²) >= 11 is 0. The van der Waals surface area contributed by atoms with Gasteiger partial charge in [0.1, 0.15) is 23.0 Å². The van der Waals surface area contributed by atoms with E-state index >= 15 is 0 Å². The molecule has 0 saturated carbocycles. The molecule has 4 aromatic heterocycles. The molecule has 0 bridgehead atoms. The lowest BCUT2D eigenvalue weighted by Gasteiger charge is -2.11. The highest BCUT2D eigenvalue weighted by molar-refractivity contribution is 7.87. The van der Waals surface area contributed by atoms with E-state index in [2.05, 4.69) is 48.8 Å². The maximum atomic E-state index is 12.2. The second-order valence-electron chi connectivity index (χ2n) is 7.46. The van der Waals surface area contributed by atoms with Crippen molar-refractivity contribution in [3.63, 3.8) is 0 Å². The van der Waals surface area contributed by atoms with Gasteiger partial charge in [-0.3, -0.25) is 0 Å². The van der Waals surface area contributed by atoms with Gasteiger partial charge in [0.2, 0.25) is 0 Å². The number of rotatable bonds is 6. The topological polar surface area (TPSA) is 124 Å². The predicted octanol–water partition coefficient (Wildman–Crippen LogP) is 2.37. The summed E-state index contributed by atoms with van der Waals surface area (Å²) in [6.07, 6.45) is 6.10. The average molecular weight is 442 g/mol. The summed E-state index contributed by atoms with van der Waals surface area (Å²) in [4.78, 5) is 17.7. The van der Waals surface area contributed by atoms with Gasteiger partial charge in [-0.2, -0.15) is 21.9 Å². The number of hydrogen-bond acceptors (Lipinski definition) is 8. The zero-order valence-electron chi connectivity index (χ0n) is 17.8. The van der Waals surface area contributed by atoms with Gasteiger partial charge < -0.3 is 9.88 Å². The predicted molar refractivity (Wildman–Crippen MR) is 117 cm³/mol. The van der Waals surface area contributed by atoms with E-state index in [9.17, 15) is 8.42 Å². The molecule has 0 saturated heterocycles. The largest absolute Gasteiger partial charge is 0.326 e. The minimum absolute atomic E-state index is 0.265. The molecular formula is C19H23N9O2S. The Morgan fingerprint density at radius 3 is 2.58 bits per heavy atom. The molecule has 0 radical (unpaired) electrons. The first-order valence-electron chi connectivity index (χ1n) is 9.59. The quantitative estimate of drug-likeness (QED) is 0.484. The summed E-state index contributed by atoms with van der Waals surface area (Å²) in [5, 5.41) is 7.11. The fraction of sp³-hybridized carbons (Fsp3) is 0.316. The van der Waals surface area contributed by atoms with Gasteiger partial charge in [-0.1, -0.05) is 0 Å². The minimum atomic E-state index is -3.70. The Morgan fingerprint density at radius 1 is 1.10 bits per heavy atom. The molecule has 1 N–H and O–H groups in total. The lowest BCUT2D eigenvalue weighted by molar-refractivity contribution is 0.504. The SMILES string of the molecule is Cc1nc2cnc(Nc3ccnc(-c4cnn(S(=O)(=O)N(C)C)c4)n3)cc2n1C(C)C. The lowest BCUT2D eigenvalue weighted by Crippen LogP contribution is -2.29. The third-order valence-corrected chi connectivity index (χ3v) is 6.29. The molecular weight excluding hydrogens is 418 g/mol. The van der Waals surface area contributed by atoms with E-state index in [0.717, 1.165) is 25.3 Å². The van der Waals surface area contributed by atoms with E-state index in [1.165, 1.54) is 26.5 Å². The summed E-state index contributed by atoms with van der Waals surface area (Å²) in [6, 6.07) is 3.90. The van der Waals surface area contributed by atoms with Crippen molar-refractivity contribution in [2.75, 3.05) is 19.4 Å². The average Bonchev–Trinajstić information content (AvgIpc) is 3.32. The highest BCUT2D eigenvalue weighted by Crippen LogP contribution is 2.24. The minimum Gasteiger partial charge on any atom is -0.326 e. The molecule has 0 fully saturated rings. The number of nitrogens with zero attached hydrogens (tertiary/aromatic N) is 8. The van der Waals surface area contributed by atoms with Gasteiger partial charge in [0.05, 0.1) is 29.7 Å². The van der Waals surface area contributed by atoms with Crippen molar-refractivity contribution in [1.29, 1.82) is 0 Å². The zero-order chi connectivity index (χ0) is 22.3. The van der Waals surface area contributed by atoms with Gasteiger partial charge in [-0.25, -0.2) is 19.9 Å². The highest BCUT2D eigenvalue weighted by Gasteiger charge is 2.19. The van der Waals surface area contributed by atoms with E-state index < -0.39 is 10.2 Å². The van der Waals surface area contributed by atoms with Crippen LogP contribution in [-0.2, 0) is 10.2 Å². The molecule has 0 amide bonds. The fourth-order valence-electron chi connectivity index (χ4n) is 3.25. The van der Waals surface area contributed by atoms with Crippen LogP contribution in [0.25, 0.3) is 22.4 Å². The molecule has 0 aromatic carbocycles. The van der Waals surface area contributed by atoms with Crippen molar-refractivity contribution in [2.45, 2.75) is 26.8 Å². The molecule has 0 aliphatic heterocycles. The van der Waals surface area contributed by atoms with E-state index in [1.807, 2.05) is 13.0 Å². The number of hydrogen-bond donors (Lipinski definition) is 1. The number of imidazole rings is 1. The third kappa shape index (κ3) is 3.86. The molecule has 12 heteroatoms. The maximum absolute atomic E-state index is 12.2. The normalized spacial score (nSPS) is 12.2. The number of aryl methyl sites for hydroxylation is 1. The summed E-state index contributed by atoms with van der Waals surface area (Å²) in [5.41, 5.74) is 2.29. The smallest absolute Gasteiger partial charge is 0.322 e. The number of nitrogens with one attached hydrogen (secondary N) is 1. The molecule has 0 atom stereocenters. The van der Waals surface area contributed by atoms with Crippen LogP contribution in [0, 0.1) is 6.92 Å². The van der Waals surface area contributed by atoms with Crippen LogP contribution >= 0.6 is 0 Å². The Labute approximate surface area is 180 Å². The van der Waals surface area contributed by atoms with Crippen LogP contribution < -0.4 is 5.32 Å². The summed E-state index contributed by atoms with van der Waals surface area (Å²) < 4.78 is 28.6. The second-order valence-corrected chi connectivity index (χ2v) is 9.46. The standard InChI is InChI=1S/C19H23N9O2S/c1-12(2)28-13(3)23-15-10-21-18(8-16(15)28)24-17-6-7-20-19(25-17)14-9-22-27(11-14)31(29,30)26(4)5/h6-12H,1-5H3,(H,20,21,24,25). The van der Waals surface area contributed by atoms with E-state index in [1.54, 1.807) is 18.5 Å². The van der Waals surface area contributed by atoms with E-state index in [0.29, 0.717) is 23.0 Å². The molecule has 0 spiro atoms. The number of fused-ring (bicyclic) bond motifs is 1. The van der Waals surface area contributed by atoms with Crippen LogP contribution in [0.5, 0.6) is 0 Å². The number of anilines is 2. The van der Waals surface area contributed by atoms with Crippen LogP contribution in [0.3, 0.4) is 0 Å². The van der Waals surface area contributed by atoms with Crippen LogP contribution in [0.4, 0.5) is 11.6 Å². The van der Waals surface area contributed by atoms with Gasteiger partial charge in [-0.05, 0) is 26.8 Å². The molecule has 4 rings (SSSR count). The fourth-order valence-corrected chi connectivity index (χ4v) is 4.00. The highest BCUT2D eigenvalue weighted by atomic mass is 32.2. The van der Waals surface area contributed by atoms with Gasteiger partial charge in [0.15, 0.2) is 5.82 Å². The Bertz CT molecular complexity index is 1360. The van der Waals surface area contributed by atoms with Gasteiger partial charge in [0, 0.05) is 32.4 Å². The summed E-state index contributed by atoms with van der Waals surface area (Å²) in [6.45, 7) is 6.19. The molecule has 0 aliphatic carbocycles. The number of pyridine rings is 1. The first-order valence-corrected chi connectivity index (χ1v) is 11.0. The molecule has 11 nitrogen and oxygen atoms in total. The van der Waals surface area contributed by atoms with Crippen molar-refractivity contribution in [1.82, 2.24) is 38.0 Å². The van der Waals surface area contributed by atoms with Crippen LogP contribution in [0.2, 0.25) is 0 Å². The second kappa shape index (κ2) is 7.71.